The number of hydrogen-bond acceptors (Lipinski definition) is 3. The summed E-state index contributed by atoms with van der Waals surface area (Å²) in [7, 11) is 0. The Kier molecular flexibility index (Phi) is 5.61. The number of piperidine rings is 1. The van der Waals surface area contributed by atoms with Crippen molar-refractivity contribution in [1.82, 2.24) is 4.90 Å². The molecule has 1 aromatic rings. The lowest BCUT2D eigenvalue weighted by molar-refractivity contribution is 0.00382. The van der Waals surface area contributed by atoms with Gasteiger partial charge < -0.3 is 10.8 Å². The number of rotatable bonds is 4. The molecule has 112 valence electrons. The van der Waals surface area contributed by atoms with E-state index in [1.807, 2.05) is 6.07 Å². The molecule has 1 saturated heterocycles. The summed E-state index contributed by atoms with van der Waals surface area (Å²) in [6, 6.07) is 8.52. The number of nitrogens with zero attached hydrogens (tertiary/aromatic N) is 1. The molecule has 1 heterocycles. The molecule has 0 saturated carbocycles. The van der Waals surface area contributed by atoms with E-state index >= 15 is 0 Å². The molecule has 0 radical (unpaired) electrons. The first kappa shape index (κ1) is 16.0. The average Bonchev–Trinajstić information content (AvgIpc) is 2.44. The summed E-state index contributed by atoms with van der Waals surface area (Å²) in [4.78, 5) is 2.35. The van der Waals surface area contributed by atoms with Gasteiger partial charge in [0, 0.05) is 17.1 Å². The van der Waals surface area contributed by atoms with Crippen LogP contribution in [-0.4, -0.2) is 35.2 Å². The van der Waals surface area contributed by atoms with Crippen molar-refractivity contribution in [3.05, 3.63) is 34.3 Å². The fourth-order valence-electron chi connectivity index (χ4n) is 2.96. The Morgan fingerprint density at radius 1 is 1.45 bits per heavy atom. The van der Waals surface area contributed by atoms with Crippen molar-refractivity contribution in [3.63, 3.8) is 0 Å². The molecule has 1 aromatic carbocycles. The Labute approximate surface area is 130 Å². The molecule has 4 unspecified atom stereocenters. The van der Waals surface area contributed by atoms with Crippen LogP contribution < -0.4 is 5.73 Å². The highest BCUT2D eigenvalue weighted by Gasteiger charge is 2.33. The largest absolute Gasteiger partial charge is 0.392 e. The summed E-state index contributed by atoms with van der Waals surface area (Å²) >= 11 is 3.64. The van der Waals surface area contributed by atoms with Crippen LogP contribution in [0.4, 0.5) is 0 Å². The maximum absolute atomic E-state index is 10.2. The smallest absolute Gasteiger partial charge is 0.0693 e. The number of β-amino-alcohol motifs (C(OH)–C–C–N with tert-alkyl or cyclic N) is 1. The van der Waals surface area contributed by atoms with Crippen molar-refractivity contribution >= 4 is 15.9 Å². The van der Waals surface area contributed by atoms with Crippen molar-refractivity contribution in [2.24, 2.45) is 11.7 Å². The number of aliphatic hydroxyl groups excluding tert-OH is 1. The van der Waals surface area contributed by atoms with E-state index in [0.29, 0.717) is 12.5 Å². The van der Waals surface area contributed by atoms with E-state index in [4.69, 9.17) is 5.73 Å². The molecule has 1 aliphatic heterocycles. The topological polar surface area (TPSA) is 49.5 Å². The fraction of sp³-hybridized carbons (Fsp3) is 0.625. The van der Waals surface area contributed by atoms with Gasteiger partial charge in [-0.05, 0) is 36.9 Å². The minimum absolute atomic E-state index is 0.0781. The molecular formula is C16H25BrN2O. The number of halogens is 1. The van der Waals surface area contributed by atoms with Gasteiger partial charge in [0.15, 0.2) is 0 Å². The molecule has 4 atom stereocenters. The summed E-state index contributed by atoms with van der Waals surface area (Å²) in [5, 5.41) is 10.2. The van der Waals surface area contributed by atoms with Gasteiger partial charge >= 0.3 is 0 Å². The zero-order chi connectivity index (χ0) is 14.7. The lowest BCUT2D eigenvalue weighted by atomic mass is 9.90. The SMILES string of the molecule is CCC(N)C(c1ccccc1Br)N1CCC(C)C(O)C1. The van der Waals surface area contributed by atoms with Crippen molar-refractivity contribution < 1.29 is 5.11 Å². The van der Waals surface area contributed by atoms with Crippen LogP contribution in [0.15, 0.2) is 28.7 Å². The summed E-state index contributed by atoms with van der Waals surface area (Å²) in [6.07, 6.45) is 1.70. The highest BCUT2D eigenvalue weighted by Crippen LogP contribution is 2.33. The Balaban J connectivity index is 2.27. The van der Waals surface area contributed by atoms with E-state index in [-0.39, 0.29) is 18.2 Å². The molecule has 1 fully saturated rings. The molecule has 0 amide bonds. The second kappa shape index (κ2) is 7.03. The zero-order valence-electron chi connectivity index (χ0n) is 12.3. The molecule has 1 aliphatic rings. The maximum Gasteiger partial charge on any atom is 0.0693 e. The van der Waals surface area contributed by atoms with Gasteiger partial charge in [0.1, 0.15) is 0 Å². The first-order valence-electron chi connectivity index (χ1n) is 7.46. The zero-order valence-corrected chi connectivity index (χ0v) is 13.9. The first-order chi connectivity index (χ1) is 9.54. The summed E-state index contributed by atoms with van der Waals surface area (Å²) in [5.74, 6) is 0.379. The quantitative estimate of drug-likeness (QED) is 0.885. The van der Waals surface area contributed by atoms with E-state index in [1.54, 1.807) is 0 Å². The molecule has 0 bridgehead atoms. The van der Waals surface area contributed by atoms with E-state index in [9.17, 15) is 5.11 Å². The third-order valence-electron chi connectivity index (χ3n) is 4.44. The number of nitrogens with two attached hydrogens (primary N) is 1. The summed E-state index contributed by atoms with van der Waals surface area (Å²) < 4.78 is 1.10. The molecule has 20 heavy (non-hydrogen) atoms. The van der Waals surface area contributed by atoms with E-state index in [1.165, 1.54) is 5.56 Å². The van der Waals surface area contributed by atoms with Crippen LogP contribution in [0.5, 0.6) is 0 Å². The minimum atomic E-state index is -0.252. The lowest BCUT2D eigenvalue weighted by Crippen LogP contribution is -2.49. The predicted octanol–water partition coefficient (Wildman–Crippen LogP) is 2.93. The van der Waals surface area contributed by atoms with Crippen LogP contribution in [-0.2, 0) is 0 Å². The molecule has 0 aromatic heterocycles. The van der Waals surface area contributed by atoms with Gasteiger partial charge in [0.05, 0.1) is 12.1 Å². The van der Waals surface area contributed by atoms with Gasteiger partial charge in [-0.15, -0.1) is 0 Å². The van der Waals surface area contributed by atoms with Gasteiger partial charge in [-0.3, -0.25) is 4.90 Å². The Morgan fingerprint density at radius 2 is 2.15 bits per heavy atom. The summed E-state index contributed by atoms with van der Waals surface area (Å²) in [5.41, 5.74) is 7.61. The number of hydrogen-bond donors (Lipinski definition) is 2. The Bertz CT molecular complexity index is 440. The normalized spacial score (nSPS) is 27.2. The highest BCUT2D eigenvalue weighted by atomic mass is 79.9. The summed E-state index contributed by atoms with van der Waals surface area (Å²) in [6.45, 7) is 5.95. The van der Waals surface area contributed by atoms with Crippen LogP contribution in [0.2, 0.25) is 0 Å². The molecule has 3 nitrogen and oxygen atoms in total. The molecule has 3 N–H and O–H groups in total. The Hall–Kier alpha value is -0.420. The average molecular weight is 341 g/mol. The van der Waals surface area contributed by atoms with Gasteiger partial charge in [-0.25, -0.2) is 0 Å². The minimum Gasteiger partial charge on any atom is -0.392 e. The third kappa shape index (κ3) is 3.42. The number of benzene rings is 1. The van der Waals surface area contributed by atoms with Gasteiger partial charge in [0.2, 0.25) is 0 Å². The molecular weight excluding hydrogens is 316 g/mol. The van der Waals surface area contributed by atoms with Gasteiger partial charge in [-0.2, -0.15) is 0 Å². The lowest BCUT2D eigenvalue weighted by Gasteiger charge is -2.42. The van der Waals surface area contributed by atoms with Crippen molar-refractivity contribution in [2.75, 3.05) is 13.1 Å². The second-order valence-electron chi connectivity index (χ2n) is 5.87. The van der Waals surface area contributed by atoms with E-state index in [0.717, 1.165) is 23.9 Å². The second-order valence-corrected chi connectivity index (χ2v) is 6.72. The number of likely N-dealkylation sites (tertiary alicyclic amines) is 1. The predicted molar refractivity (Wildman–Crippen MR) is 86.5 cm³/mol. The fourth-order valence-corrected chi connectivity index (χ4v) is 3.48. The Morgan fingerprint density at radius 3 is 2.75 bits per heavy atom. The van der Waals surface area contributed by atoms with Gasteiger partial charge in [0.25, 0.3) is 0 Å². The first-order valence-corrected chi connectivity index (χ1v) is 8.26. The van der Waals surface area contributed by atoms with E-state index < -0.39 is 0 Å². The maximum atomic E-state index is 10.2. The van der Waals surface area contributed by atoms with E-state index in [2.05, 4.69) is 52.9 Å². The molecule has 2 rings (SSSR count). The van der Waals surface area contributed by atoms with Crippen LogP contribution >= 0.6 is 15.9 Å². The van der Waals surface area contributed by atoms with Crippen molar-refractivity contribution in [2.45, 2.75) is 44.9 Å². The third-order valence-corrected chi connectivity index (χ3v) is 5.17. The standard InChI is InChI=1S/C16H25BrN2O/c1-3-14(18)16(12-6-4-5-7-13(12)17)19-9-8-11(2)15(20)10-19/h4-7,11,14-16,20H,3,8-10,18H2,1-2H3. The molecule has 0 spiro atoms. The highest BCUT2D eigenvalue weighted by molar-refractivity contribution is 9.10. The molecule has 4 heteroatoms. The van der Waals surface area contributed by atoms with Crippen LogP contribution in [0.3, 0.4) is 0 Å². The van der Waals surface area contributed by atoms with Gasteiger partial charge in [-0.1, -0.05) is 48.0 Å². The monoisotopic (exact) mass is 340 g/mol. The number of aliphatic hydroxyl groups is 1. The van der Waals surface area contributed by atoms with Crippen LogP contribution in [0, 0.1) is 5.92 Å². The molecule has 0 aliphatic carbocycles. The van der Waals surface area contributed by atoms with Crippen LogP contribution in [0.25, 0.3) is 0 Å². The van der Waals surface area contributed by atoms with Crippen molar-refractivity contribution in [1.29, 1.82) is 0 Å². The van der Waals surface area contributed by atoms with Crippen LogP contribution in [0.1, 0.15) is 38.3 Å². The van der Waals surface area contributed by atoms with Crippen molar-refractivity contribution in [3.8, 4) is 0 Å².